The van der Waals surface area contributed by atoms with Crippen LogP contribution < -0.4 is 0 Å². The zero-order valence-electron chi connectivity index (χ0n) is 7.23. The number of hydrogen-bond donors (Lipinski definition) is 0. The quantitative estimate of drug-likeness (QED) is 0.644. The first-order chi connectivity index (χ1) is 6.06. The summed E-state index contributed by atoms with van der Waals surface area (Å²) in [6, 6.07) is 2.02. The molecule has 0 N–H and O–H groups in total. The first-order valence-corrected chi connectivity index (χ1v) is 3.90. The van der Waals surface area contributed by atoms with Crippen molar-refractivity contribution in [2.45, 2.75) is 13.3 Å². The third-order valence-corrected chi connectivity index (χ3v) is 1.78. The molecule has 69 valence electrons. The lowest BCUT2D eigenvalue weighted by Crippen LogP contribution is -2.00. The van der Waals surface area contributed by atoms with Gasteiger partial charge in [-0.2, -0.15) is 0 Å². The molecule has 0 aliphatic carbocycles. The van der Waals surface area contributed by atoms with Gasteiger partial charge in [-0.25, -0.2) is 8.78 Å². The van der Waals surface area contributed by atoms with Crippen molar-refractivity contribution in [1.29, 1.82) is 0 Å². The van der Waals surface area contributed by atoms with Crippen LogP contribution >= 0.6 is 0 Å². The Kier molecular flexibility index (Phi) is 2.76. The van der Waals surface area contributed by atoms with Crippen LogP contribution in [0.25, 0.3) is 0 Å². The molecule has 0 aromatic heterocycles. The highest BCUT2D eigenvalue weighted by Gasteiger charge is 2.10. The number of hydrogen-bond acceptors (Lipinski definition) is 1. The van der Waals surface area contributed by atoms with E-state index in [-0.39, 0.29) is 23.3 Å². The Balaban J connectivity index is 3.20. The molecule has 0 atom stereocenters. The van der Waals surface area contributed by atoms with Gasteiger partial charge in [-0.05, 0) is 19.1 Å². The molecule has 1 nitrogen and oxygen atoms in total. The van der Waals surface area contributed by atoms with Crippen molar-refractivity contribution >= 4 is 5.78 Å². The van der Waals surface area contributed by atoms with Crippen LogP contribution in [0, 0.1) is 18.6 Å². The van der Waals surface area contributed by atoms with Gasteiger partial charge in [0, 0.05) is 17.5 Å². The summed E-state index contributed by atoms with van der Waals surface area (Å²) >= 11 is 0. The zero-order chi connectivity index (χ0) is 10.0. The van der Waals surface area contributed by atoms with Gasteiger partial charge >= 0.3 is 0 Å². The van der Waals surface area contributed by atoms with Gasteiger partial charge in [0.15, 0.2) is 5.78 Å². The maximum Gasteiger partial charge on any atom is 0.162 e. The standard InChI is InChI=1S/C10H9F2O/c1-3-10(13)7-4-8(11)6(2)9(12)5-7/h4-5H,2-3H2,1H3. The Morgan fingerprint density at radius 3 is 2.23 bits per heavy atom. The summed E-state index contributed by atoms with van der Waals surface area (Å²) < 4.78 is 25.8. The summed E-state index contributed by atoms with van der Waals surface area (Å²) in [4.78, 5) is 11.1. The fourth-order valence-electron chi connectivity index (χ4n) is 0.968. The van der Waals surface area contributed by atoms with Crippen molar-refractivity contribution in [2.75, 3.05) is 0 Å². The third-order valence-electron chi connectivity index (χ3n) is 1.78. The normalized spacial score (nSPS) is 10.2. The van der Waals surface area contributed by atoms with Crippen LogP contribution in [0.4, 0.5) is 8.78 Å². The van der Waals surface area contributed by atoms with Gasteiger partial charge < -0.3 is 0 Å². The molecule has 0 aliphatic heterocycles. The van der Waals surface area contributed by atoms with Gasteiger partial charge in [0.2, 0.25) is 0 Å². The zero-order valence-corrected chi connectivity index (χ0v) is 7.23. The molecule has 3 heteroatoms. The van der Waals surface area contributed by atoms with Crippen LogP contribution in [0.5, 0.6) is 0 Å². The summed E-state index contributed by atoms with van der Waals surface area (Å²) in [5.41, 5.74) is -0.238. The molecule has 1 aromatic carbocycles. The fraction of sp³-hybridized carbons (Fsp3) is 0.200. The number of carbonyl (C=O) groups excluding carboxylic acids is 1. The highest BCUT2D eigenvalue weighted by Crippen LogP contribution is 2.15. The number of rotatable bonds is 2. The van der Waals surface area contributed by atoms with Crippen LogP contribution in [0.3, 0.4) is 0 Å². The largest absolute Gasteiger partial charge is 0.294 e. The van der Waals surface area contributed by atoms with E-state index in [1.807, 2.05) is 0 Å². The van der Waals surface area contributed by atoms with Gasteiger partial charge in [-0.3, -0.25) is 4.79 Å². The van der Waals surface area contributed by atoms with Gasteiger partial charge in [0.25, 0.3) is 0 Å². The number of carbonyl (C=O) groups is 1. The molecule has 0 fully saturated rings. The molecule has 13 heavy (non-hydrogen) atoms. The Morgan fingerprint density at radius 1 is 1.38 bits per heavy atom. The van der Waals surface area contributed by atoms with Crippen molar-refractivity contribution in [3.63, 3.8) is 0 Å². The summed E-state index contributed by atoms with van der Waals surface area (Å²) in [5, 5.41) is 0. The molecule has 0 saturated heterocycles. The van der Waals surface area contributed by atoms with E-state index < -0.39 is 11.6 Å². The lowest BCUT2D eigenvalue weighted by atomic mass is 10.1. The number of Topliss-reactive ketones (excluding diaryl/α,β-unsaturated/α-hetero) is 1. The minimum Gasteiger partial charge on any atom is -0.294 e. The maximum absolute atomic E-state index is 12.9. The number of halogens is 2. The van der Waals surface area contributed by atoms with Gasteiger partial charge in [0.1, 0.15) is 11.6 Å². The van der Waals surface area contributed by atoms with Gasteiger partial charge in [-0.15, -0.1) is 0 Å². The molecule has 0 bridgehead atoms. The second-order valence-electron chi connectivity index (χ2n) is 2.70. The molecule has 0 spiro atoms. The molecular formula is C10H9F2O. The Morgan fingerprint density at radius 2 is 1.85 bits per heavy atom. The van der Waals surface area contributed by atoms with E-state index in [4.69, 9.17) is 0 Å². The Hall–Kier alpha value is -1.25. The van der Waals surface area contributed by atoms with Crippen molar-refractivity contribution in [3.05, 3.63) is 41.8 Å². The van der Waals surface area contributed by atoms with Crippen molar-refractivity contribution in [3.8, 4) is 0 Å². The lowest BCUT2D eigenvalue weighted by molar-refractivity contribution is 0.0987. The molecular weight excluding hydrogens is 174 g/mol. The Bertz CT molecular complexity index is 322. The molecule has 0 unspecified atom stereocenters. The summed E-state index contributed by atoms with van der Waals surface area (Å²) in [6.45, 7) is 4.82. The fourth-order valence-corrected chi connectivity index (χ4v) is 0.968. The van der Waals surface area contributed by atoms with Crippen molar-refractivity contribution in [2.24, 2.45) is 0 Å². The smallest absolute Gasteiger partial charge is 0.162 e. The minimum atomic E-state index is -0.781. The van der Waals surface area contributed by atoms with Crippen LogP contribution in [0.2, 0.25) is 0 Å². The van der Waals surface area contributed by atoms with Crippen molar-refractivity contribution < 1.29 is 13.6 Å². The Labute approximate surface area is 75.4 Å². The van der Waals surface area contributed by atoms with E-state index in [1.165, 1.54) is 0 Å². The highest BCUT2D eigenvalue weighted by atomic mass is 19.1. The van der Waals surface area contributed by atoms with E-state index in [0.717, 1.165) is 12.1 Å². The van der Waals surface area contributed by atoms with E-state index in [1.54, 1.807) is 6.92 Å². The predicted octanol–water partition coefficient (Wildman–Crippen LogP) is 2.74. The second kappa shape index (κ2) is 3.64. The summed E-state index contributed by atoms with van der Waals surface area (Å²) in [5.74, 6) is -1.84. The van der Waals surface area contributed by atoms with Crippen LogP contribution in [-0.4, -0.2) is 5.78 Å². The van der Waals surface area contributed by atoms with E-state index >= 15 is 0 Å². The van der Waals surface area contributed by atoms with E-state index in [2.05, 4.69) is 6.92 Å². The first kappa shape index (κ1) is 9.84. The number of benzene rings is 1. The predicted molar refractivity (Wildman–Crippen MR) is 45.4 cm³/mol. The lowest BCUT2D eigenvalue weighted by Gasteiger charge is -2.02. The molecule has 0 amide bonds. The SMILES string of the molecule is [CH2]c1c(F)cc(C(=O)CC)cc1F. The molecule has 0 saturated carbocycles. The first-order valence-electron chi connectivity index (χ1n) is 3.90. The number of ketones is 1. The second-order valence-corrected chi connectivity index (χ2v) is 2.70. The average Bonchev–Trinajstić information content (AvgIpc) is 2.12. The van der Waals surface area contributed by atoms with Crippen LogP contribution in [0.15, 0.2) is 12.1 Å². The summed E-state index contributed by atoms with van der Waals surface area (Å²) in [7, 11) is 0. The highest BCUT2D eigenvalue weighted by molar-refractivity contribution is 5.95. The van der Waals surface area contributed by atoms with E-state index in [0.29, 0.717) is 0 Å². The van der Waals surface area contributed by atoms with Crippen LogP contribution in [-0.2, 0) is 0 Å². The topological polar surface area (TPSA) is 17.1 Å². The average molecular weight is 183 g/mol. The van der Waals surface area contributed by atoms with Gasteiger partial charge in [-0.1, -0.05) is 6.92 Å². The molecule has 0 aliphatic rings. The molecule has 1 radical (unpaired) electrons. The monoisotopic (exact) mass is 183 g/mol. The maximum atomic E-state index is 12.9. The minimum absolute atomic E-state index is 0.0601. The molecule has 1 aromatic rings. The van der Waals surface area contributed by atoms with E-state index in [9.17, 15) is 13.6 Å². The van der Waals surface area contributed by atoms with Gasteiger partial charge in [0.05, 0.1) is 0 Å². The molecule has 1 rings (SSSR count). The van der Waals surface area contributed by atoms with Crippen LogP contribution in [0.1, 0.15) is 29.3 Å². The van der Waals surface area contributed by atoms with Crippen molar-refractivity contribution in [1.82, 2.24) is 0 Å². The third kappa shape index (κ3) is 1.91. The molecule has 0 heterocycles. The summed E-state index contributed by atoms with van der Waals surface area (Å²) in [6.07, 6.45) is 0.232.